The first-order valence-electron chi connectivity index (χ1n) is 9.05. The largest absolute Gasteiger partial charge is 0.335 e. The molecule has 8 heteroatoms. The first-order chi connectivity index (χ1) is 12.2. The van der Waals surface area contributed by atoms with Crippen molar-refractivity contribution >= 4 is 29.4 Å². The standard InChI is InChI=1S/C18H26N6O2/c1-6-12-10(2)19-16(22-15(12)25)24-14(9-13(23-24)18(3,4)5)21-17(26)20-11-7-8-11/h9,11-12H,6-8H2,1-5H3,(H2,20,21,26). The molecule has 2 heterocycles. The van der Waals surface area contributed by atoms with E-state index in [1.54, 1.807) is 6.07 Å². The molecule has 2 N–H and O–H groups in total. The Kier molecular flexibility index (Phi) is 4.68. The Morgan fingerprint density at radius 1 is 1.31 bits per heavy atom. The lowest BCUT2D eigenvalue weighted by Gasteiger charge is -2.18. The molecular formula is C18H26N6O2. The molecule has 1 unspecified atom stereocenters. The van der Waals surface area contributed by atoms with Crippen molar-refractivity contribution in [1.29, 1.82) is 0 Å². The molecular weight excluding hydrogens is 332 g/mol. The van der Waals surface area contributed by atoms with Crippen LogP contribution in [-0.4, -0.2) is 39.4 Å². The van der Waals surface area contributed by atoms with Crippen molar-refractivity contribution in [3.63, 3.8) is 0 Å². The maximum absolute atomic E-state index is 12.3. The molecule has 0 aromatic carbocycles. The second-order valence-corrected chi connectivity index (χ2v) is 7.91. The van der Waals surface area contributed by atoms with E-state index in [0.29, 0.717) is 18.0 Å². The zero-order chi connectivity index (χ0) is 19.1. The summed E-state index contributed by atoms with van der Waals surface area (Å²) >= 11 is 0. The van der Waals surface area contributed by atoms with E-state index in [9.17, 15) is 9.59 Å². The summed E-state index contributed by atoms with van der Waals surface area (Å²) in [6.07, 6.45) is 2.66. The van der Waals surface area contributed by atoms with Gasteiger partial charge in [-0.3, -0.25) is 10.1 Å². The fourth-order valence-electron chi connectivity index (χ4n) is 2.74. The van der Waals surface area contributed by atoms with Crippen molar-refractivity contribution in [2.45, 2.75) is 65.3 Å². The van der Waals surface area contributed by atoms with Crippen molar-refractivity contribution < 1.29 is 9.59 Å². The number of urea groups is 1. The number of rotatable bonds is 3. The molecule has 0 spiro atoms. The lowest BCUT2D eigenvalue weighted by Crippen LogP contribution is -2.33. The molecule has 8 nitrogen and oxygen atoms in total. The SMILES string of the molecule is CCC1C(=O)N=C(n2nc(C(C)(C)C)cc2NC(=O)NC2CC2)N=C1C. The number of carbonyl (C=O) groups is 2. The smallest absolute Gasteiger partial charge is 0.320 e. The van der Waals surface area contributed by atoms with E-state index in [4.69, 9.17) is 0 Å². The van der Waals surface area contributed by atoms with E-state index in [1.165, 1.54) is 4.68 Å². The first-order valence-corrected chi connectivity index (χ1v) is 9.05. The highest BCUT2D eigenvalue weighted by Gasteiger charge is 2.29. The quantitative estimate of drug-likeness (QED) is 0.868. The molecule has 3 amide bonds. The van der Waals surface area contributed by atoms with Crippen LogP contribution >= 0.6 is 0 Å². The number of nitrogens with one attached hydrogen (secondary N) is 2. The summed E-state index contributed by atoms with van der Waals surface area (Å²) in [5.41, 5.74) is 1.27. The Hall–Kier alpha value is -2.51. The van der Waals surface area contributed by atoms with E-state index >= 15 is 0 Å². The van der Waals surface area contributed by atoms with Crippen molar-refractivity contribution in [3.8, 4) is 0 Å². The molecule has 2 aliphatic rings. The molecule has 1 atom stereocenters. The minimum Gasteiger partial charge on any atom is -0.335 e. The zero-order valence-electron chi connectivity index (χ0n) is 16.0. The zero-order valence-corrected chi connectivity index (χ0v) is 16.0. The van der Waals surface area contributed by atoms with Crippen LogP contribution in [0.4, 0.5) is 10.6 Å². The predicted octanol–water partition coefficient (Wildman–Crippen LogP) is 2.70. The van der Waals surface area contributed by atoms with Crippen LogP contribution in [0.1, 0.15) is 59.6 Å². The average molecular weight is 358 g/mol. The molecule has 0 radical (unpaired) electrons. The summed E-state index contributed by atoms with van der Waals surface area (Å²) in [6, 6.07) is 1.76. The van der Waals surface area contributed by atoms with Crippen LogP contribution in [0.3, 0.4) is 0 Å². The highest BCUT2D eigenvalue weighted by Crippen LogP contribution is 2.25. The molecule has 1 aromatic heterocycles. The third-order valence-electron chi connectivity index (χ3n) is 4.52. The summed E-state index contributed by atoms with van der Waals surface area (Å²) in [5.74, 6) is 0.128. The summed E-state index contributed by atoms with van der Waals surface area (Å²) in [6.45, 7) is 9.85. The second-order valence-electron chi connectivity index (χ2n) is 7.91. The van der Waals surface area contributed by atoms with E-state index < -0.39 is 0 Å². The molecule has 3 rings (SSSR count). The Morgan fingerprint density at radius 3 is 2.54 bits per heavy atom. The lowest BCUT2D eigenvalue weighted by molar-refractivity contribution is -0.119. The van der Waals surface area contributed by atoms with Crippen LogP contribution in [0, 0.1) is 5.92 Å². The highest BCUT2D eigenvalue weighted by atomic mass is 16.2. The van der Waals surface area contributed by atoms with Gasteiger partial charge >= 0.3 is 6.03 Å². The normalized spacial score (nSPS) is 20.5. The minimum absolute atomic E-state index is 0.189. The van der Waals surface area contributed by atoms with Crippen LogP contribution in [0.15, 0.2) is 16.1 Å². The molecule has 0 saturated heterocycles. The van der Waals surface area contributed by atoms with Gasteiger partial charge in [-0.1, -0.05) is 27.7 Å². The second kappa shape index (κ2) is 6.66. The molecule has 1 saturated carbocycles. The van der Waals surface area contributed by atoms with Crippen molar-refractivity contribution in [2.75, 3.05) is 5.32 Å². The average Bonchev–Trinajstić information content (AvgIpc) is 3.22. The number of anilines is 1. The number of nitrogens with zero attached hydrogens (tertiary/aromatic N) is 4. The van der Waals surface area contributed by atoms with Gasteiger partial charge in [0, 0.05) is 23.2 Å². The fourth-order valence-corrected chi connectivity index (χ4v) is 2.74. The van der Waals surface area contributed by atoms with Gasteiger partial charge in [0.1, 0.15) is 5.82 Å². The van der Waals surface area contributed by atoms with E-state index in [1.807, 2.05) is 34.6 Å². The topological polar surface area (TPSA) is 101 Å². The number of aliphatic imine (C=N–C) groups is 2. The molecule has 1 aromatic rings. The van der Waals surface area contributed by atoms with Crippen LogP contribution < -0.4 is 10.6 Å². The number of hydrogen-bond acceptors (Lipinski definition) is 4. The predicted molar refractivity (Wildman–Crippen MR) is 101 cm³/mol. The van der Waals surface area contributed by atoms with Gasteiger partial charge in [0.05, 0.1) is 11.6 Å². The van der Waals surface area contributed by atoms with Gasteiger partial charge in [-0.25, -0.2) is 9.79 Å². The van der Waals surface area contributed by atoms with Gasteiger partial charge in [-0.05, 0) is 26.2 Å². The lowest BCUT2D eigenvalue weighted by atomic mass is 9.92. The fraction of sp³-hybridized carbons (Fsp3) is 0.611. The van der Waals surface area contributed by atoms with Crippen molar-refractivity contribution in [1.82, 2.24) is 15.1 Å². The molecule has 1 aliphatic heterocycles. The number of hydrogen-bond donors (Lipinski definition) is 2. The Morgan fingerprint density at radius 2 is 2.00 bits per heavy atom. The summed E-state index contributed by atoms with van der Waals surface area (Å²) < 4.78 is 1.44. The maximum Gasteiger partial charge on any atom is 0.320 e. The molecule has 1 fully saturated rings. The number of carbonyl (C=O) groups excluding carboxylic acids is 2. The Bertz CT molecular complexity index is 795. The molecule has 1 aliphatic carbocycles. The summed E-state index contributed by atoms with van der Waals surface area (Å²) in [7, 11) is 0. The number of amides is 3. The number of aromatic nitrogens is 2. The van der Waals surface area contributed by atoms with Gasteiger partial charge in [-0.2, -0.15) is 14.8 Å². The van der Waals surface area contributed by atoms with Crippen LogP contribution in [-0.2, 0) is 10.2 Å². The highest BCUT2D eigenvalue weighted by molar-refractivity contribution is 6.15. The van der Waals surface area contributed by atoms with Gasteiger partial charge in [0.15, 0.2) is 0 Å². The molecule has 0 bridgehead atoms. The monoisotopic (exact) mass is 358 g/mol. The van der Waals surface area contributed by atoms with Gasteiger partial charge in [-0.15, -0.1) is 0 Å². The van der Waals surface area contributed by atoms with E-state index in [-0.39, 0.29) is 35.3 Å². The van der Waals surface area contributed by atoms with Gasteiger partial charge in [0.25, 0.3) is 11.9 Å². The first kappa shape index (κ1) is 18.3. The minimum atomic E-state index is -0.288. The van der Waals surface area contributed by atoms with Gasteiger partial charge < -0.3 is 5.32 Å². The Labute approximate surface area is 153 Å². The van der Waals surface area contributed by atoms with Crippen LogP contribution in [0.5, 0.6) is 0 Å². The van der Waals surface area contributed by atoms with Crippen molar-refractivity contribution in [2.24, 2.45) is 15.9 Å². The van der Waals surface area contributed by atoms with E-state index in [2.05, 4.69) is 25.7 Å². The van der Waals surface area contributed by atoms with E-state index in [0.717, 1.165) is 18.5 Å². The third kappa shape index (κ3) is 3.84. The van der Waals surface area contributed by atoms with Crippen LogP contribution in [0.2, 0.25) is 0 Å². The molecule has 26 heavy (non-hydrogen) atoms. The van der Waals surface area contributed by atoms with Crippen molar-refractivity contribution in [3.05, 3.63) is 11.8 Å². The van der Waals surface area contributed by atoms with Crippen LogP contribution in [0.25, 0.3) is 0 Å². The maximum atomic E-state index is 12.3. The third-order valence-corrected chi connectivity index (χ3v) is 4.52. The Balaban J connectivity index is 1.95. The van der Waals surface area contributed by atoms with Gasteiger partial charge in [0.2, 0.25) is 0 Å². The molecule has 140 valence electrons. The summed E-state index contributed by atoms with van der Waals surface area (Å²) in [4.78, 5) is 33.1. The summed E-state index contributed by atoms with van der Waals surface area (Å²) in [5, 5.41) is 10.3.